The van der Waals surface area contributed by atoms with Crippen molar-refractivity contribution < 1.29 is 9.84 Å². The van der Waals surface area contributed by atoms with Gasteiger partial charge < -0.3 is 9.84 Å². The second-order valence-electron chi connectivity index (χ2n) is 3.24. The van der Waals surface area contributed by atoms with E-state index < -0.39 is 0 Å². The van der Waals surface area contributed by atoms with Crippen molar-refractivity contribution in [2.24, 2.45) is 11.8 Å². The zero-order valence-electron chi connectivity index (χ0n) is 7.49. The molecule has 0 aliphatic carbocycles. The van der Waals surface area contributed by atoms with Crippen LogP contribution in [0.1, 0.15) is 13.3 Å². The summed E-state index contributed by atoms with van der Waals surface area (Å²) < 4.78 is 5.24. The van der Waals surface area contributed by atoms with Crippen LogP contribution in [0.15, 0.2) is 24.5 Å². The van der Waals surface area contributed by atoms with E-state index in [-0.39, 0.29) is 5.92 Å². The van der Waals surface area contributed by atoms with Crippen LogP contribution >= 0.6 is 0 Å². The molecule has 2 atom stereocenters. The molecule has 1 aliphatic rings. The van der Waals surface area contributed by atoms with Gasteiger partial charge in [-0.3, -0.25) is 0 Å². The lowest BCUT2D eigenvalue weighted by molar-refractivity contribution is 0.170. The van der Waals surface area contributed by atoms with Gasteiger partial charge in [0.05, 0.1) is 12.4 Å². The predicted molar refractivity (Wildman–Crippen MR) is 49.0 cm³/mol. The number of ether oxygens (including phenoxy) is 1. The van der Waals surface area contributed by atoms with Gasteiger partial charge in [0, 0.05) is 12.5 Å². The first-order valence-corrected chi connectivity index (χ1v) is 4.35. The van der Waals surface area contributed by atoms with E-state index in [4.69, 9.17) is 4.74 Å². The first kappa shape index (κ1) is 9.33. The summed E-state index contributed by atoms with van der Waals surface area (Å²) in [5, 5.41) is 9.51. The minimum absolute atomic E-state index is 0.200. The quantitative estimate of drug-likeness (QED) is 0.517. The molecule has 68 valence electrons. The summed E-state index contributed by atoms with van der Waals surface area (Å²) in [6.07, 6.45) is 4.32. The van der Waals surface area contributed by atoms with Crippen molar-refractivity contribution in [2.75, 3.05) is 13.2 Å². The van der Waals surface area contributed by atoms with Gasteiger partial charge in [-0.1, -0.05) is 19.6 Å². The summed E-state index contributed by atoms with van der Waals surface area (Å²) in [5.74, 6) is 1.09. The van der Waals surface area contributed by atoms with Gasteiger partial charge in [-0.05, 0) is 18.4 Å². The van der Waals surface area contributed by atoms with Gasteiger partial charge >= 0.3 is 0 Å². The van der Waals surface area contributed by atoms with Gasteiger partial charge in [0.2, 0.25) is 0 Å². The Labute approximate surface area is 73.5 Å². The number of aliphatic hydroxyl groups excluding tert-OH is 1. The zero-order chi connectivity index (χ0) is 8.97. The molecule has 1 N–H and O–H groups in total. The predicted octanol–water partition coefficient (Wildman–Crippen LogP) is 2.29. The highest BCUT2D eigenvalue weighted by Crippen LogP contribution is 2.26. The molecule has 0 aromatic heterocycles. The lowest BCUT2D eigenvalue weighted by Gasteiger charge is -2.16. The van der Waals surface area contributed by atoms with Crippen molar-refractivity contribution in [3.63, 3.8) is 0 Å². The third-order valence-electron chi connectivity index (χ3n) is 2.43. The van der Waals surface area contributed by atoms with Gasteiger partial charge in [-0.25, -0.2) is 0 Å². The number of rotatable bonds is 3. The molecule has 1 fully saturated rings. The minimum atomic E-state index is 0.200. The summed E-state index contributed by atoms with van der Waals surface area (Å²) in [6, 6.07) is 0. The Bertz CT molecular complexity index is 178. The summed E-state index contributed by atoms with van der Waals surface area (Å²) in [6.45, 7) is 7.17. The van der Waals surface area contributed by atoms with Crippen molar-refractivity contribution in [3.8, 4) is 0 Å². The standard InChI is InChI=1S/C10H16O2/c1-3-4-10(11)8(2)9-5-6-12-7-9/h3-4,8-9,11H,1,5-7H2,2H3/b10-4-/t8-,9-/m0/s1. The summed E-state index contributed by atoms with van der Waals surface area (Å²) in [5.41, 5.74) is 0. The molecule has 2 heteroatoms. The Hall–Kier alpha value is -0.760. The van der Waals surface area contributed by atoms with Crippen molar-refractivity contribution in [1.29, 1.82) is 0 Å². The van der Waals surface area contributed by atoms with Crippen LogP contribution in [0, 0.1) is 11.8 Å². The van der Waals surface area contributed by atoms with E-state index in [2.05, 4.69) is 6.58 Å². The second-order valence-corrected chi connectivity index (χ2v) is 3.24. The Morgan fingerprint density at radius 1 is 1.75 bits per heavy atom. The SMILES string of the molecule is C=C/C=C(\O)[C@@H](C)[C@H]1CCOC1. The van der Waals surface area contributed by atoms with Crippen LogP contribution in [0.25, 0.3) is 0 Å². The Morgan fingerprint density at radius 2 is 2.50 bits per heavy atom. The van der Waals surface area contributed by atoms with Gasteiger partial charge in [0.1, 0.15) is 0 Å². The smallest absolute Gasteiger partial charge is 0.0954 e. The van der Waals surface area contributed by atoms with Crippen molar-refractivity contribution in [1.82, 2.24) is 0 Å². The lowest BCUT2D eigenvalue weighted by atomic mass is 9.91. The largest absolute Gasteiger partial charge is 0.512 e. The van der Waals surface area contributed by atoms with Crippen molar-refractivity contribution >= 4 is 0 Å². The van der Waals surface area contributed by atoms with E-state index in [1.165, 1.54) is 0 Å². The van der Waals surface area contributed by atoms with E-state index in [1.54, 1.807) is 12.2 Å². The molecule has 0 amide bonds. The van der Waals surface area contributed by atoms with Crippen LogP contribution < -0.4 is 0 Å². The molecule has 1 saturated heterocycles. The average Bonchev–Trinajstić information content (AvgIpc) is 2.55. The summed E-state index contributed by atoms with van der Waals surface area (Å²) in [7, 11) is 0. The third-order valence-corrected chi connectivity index (χ3v) is 2.43. The van der Waals surface area contributed by atoms with Crippen LogP contribution in [0.4, 0.5) is 0 Å². The molecule has 0 radical (unpaired) electrons. The molecule has 0 unspecified atom stereocenters. The molecular formula is C10H16O2. The molecule has 12 heavy (non-hydrogen) atoms. The van der Waals surface area contributed by atoms with E-state index >= 15 is 0 Å². The zero-order valence-corrected chi connectivity index (χ0v) is 7.49. The maximum absolute atomic E-state index is 9.51. The fourth-order valence-corrected chi connectivity index (χ4v) is 1.46. The highest BCUT2D eigenvalue weighted by atomic mass is 16.5. The lowest BCUT2D eigenvalue weighted by Crippen LogP contribution is -2.13. The van der Waals surface area contributed by atoms with Gasteiger partial charge in [0.25, 0.3) is 0 Å². The topological polar surface area (TPSA) is 29.5 Å². The number of aliphatic hydroxyl groups is 1. The average molecular weight is 168 g/mol. The monoisotopic (exact) mass is 168 g/mol. The minimum Gasteiger partial charge on any atom is -0.512 e. The van der Waals surface area contributed by atoms with Crippen LogP contribution in [0.2, 0.25) is 0 Å². The molecule has 0 aromatic rings. The normalized spacial score (nSPS) is 27.1. The number of hydrogen-bond donors (Lipinski definition) is 1. The van der Waals surface area contributed by atoms with Crippen LogP contribution in [-0.2, 0) is 4.74 Å². The Balaban J connectivity index is 2.50. The first-order valence-electron chi connectivity index (χ1n) is 4.35. The second kappa shape index (κ2) is 4.31. The molecule has 1 rings (SSSR count). The van der Waals surface area contributed by atoms with E-state index in [0.29, 0.717) is 11.7 Å². The van der Waals surface area contributed by atoms with E-state index in [1.807, 2.05) is 6.92 Å². The molecule has 2 nitrogen and oxygen atoms in total. The molecule has 0 spiro atoms. The third kappa shape index (κ3) is 2.11. The molecule has 1 heterocycles. The molecular weight excluding hydrogens is 152 g/mol. The molecule has 0 saturated carbocycles. The summed E-state index contributed by atoms with van der Waals surface area (Å²) >= 11 is 0. The Morgan fingerprint density at radius 3 is 3.00 bits per heavy atom. The Kier molecular flexibility index (Phi) is 3.35. The molecule has 0 bridgehead atoms. The molecule has 1 aliphatic heterocycles. The van der Waals surface area contributed by atoms with E-state index in [0.717, 1.165) is 19.6 Å². The van der Waals surface area contributed by atoms with Gasteiger partial charge in [-0.2, -0.15) is 0 Å². The van der Waals surface area contributed by atoms with Gasteiger partial charge in [-0.15, -0.1) is 0 Å². The fourth-order valence-electron chi connectivity index (χ4n) is 1.46. The maximum atomic E-state index is 9.51. The van der Waals surface area contributed by atoms with Crippen molar-refractivity contribution in [3.05, 3.63) is 24.5 Å². The molecule has 0 aromatic carbocycles. The van der Waals surface area contributed by atoms with Crippen LogP contribution in [0.5, 0.6) is 0 Å². The number of allylic oxidation sites excluding steroid dienone is 3. The number of hydrogen-bond acceptors (Lipinski definition) is 2. The fraction of sp³-hybridized carbons (Fsp3) is 0.600. The van der Waals surface area contributed by atoms with Crippen LogP contribution in [-0.4, -0.2) is 18.3 Å². The summed E-state index contributed by atoms with van der Waals surface area (Å²) in [4.78, 5) is 0. The highest BCUT2D eigenvalue weighted by Gasteiger charge is 2.24. The maximum Gasteiger partial charge on any atom is 0.0954 e. The van der Waals surface area contributed by atoms with Gasteiger partial charge in [0.15, 0.2) is 0 Å². The van der Waals surface area contributed by atoms with E-state index in [9.17, 15) is 5.11 Å². The first-order chi connectivity index (χ1) is 5.75. The van der Waals surface area contributed by atoms with Crippen LogP contribution in [0.3, 0.4) is 0 Å². The van der Waals surface area contributed by atoms with Crippen molar-refractivity contribution in [2.45, 2.75) is 13.3 Å². The highest BCUT2D eigenvalue weighted by molar-refractivity contribution is 5.06.